The summed E-state index contributed by atoms with van der Waals surface area (Å²) < 4.78 is 36.4. The summed E-state index contributed by atoms with van der Waals surface area (Å²) in [4.78, 5) is 12.9. The van der Waals surface area contributed by atoms with Crippen LogP contribution in [-0.2, 0) is 10.0 Å². The maximum Gasteiger partial charge on any atom is 0.253 e. The summed E-state index contributed by atoms with van der Waals surface area (Å²) in [6, 6.07) is 9.60. The van der Waals surface area contributed by atoms with Crippen LogP contribution in [-0.4, -0.2) is 33.3 Å². The van der Waals surface area contributed by atoms with Gasteiger partial charge in [-0.2, -0.15) is 0 Å². The molecule has 0 spiro atoms. The molecule has 29 heavy (non-hydrogen) atoms. The topological polar surface area (TPSA) is 93.7 Å². The van der Waals surface area contributed by atoms with Crippen LogP contribution in [0.4, 0.5) is 5.69 Å². The first-order valence-electron chi connectivity index (χ1n) is 8.92. The fraction of sp³-hybridized carbons (Fsp3) is 0.350. The number of carbonyl (C=O) groups is 1. The summed E-state index contributed by atoms with van der Waals surface area (Å²) in [5, 5.41) is 3.16. The third-order valence-electron chi connectivity index (χ3n) is 4.50. The van der Waals surface area contributed by atoms with Crippen LogP contribution >= 0.6 is 11.6 Å². The molecule has 0 fully saturated rings. The Morgan fingerprint density at radius 2 is 1.97 bits per heavy atom. The molecule has 1 atom stereocenters. The van der Waals surface area contributed by atoms with Crippen molar-refractivity contribution in [3.63, 3.8) is 0 Å². The van der Waals surface area contributed by atoms with Crippen molar-refractivity contribution in [2.24, 2.45) is 0 Å². The Balaban J connectivity index is 1.85. The van der Waals surface area contributed by atoms with Gasteiger partial charge in [0.15, 0.2) is 0 Å². The molecule has 9 heteroatoms. The number of nitrogens with one attached hydrogen (secondary N) is 2. The van der Waals surface area contributed by atoms with Crippen LogP contribution in [0, 0.1) is 0 Å². The van der Waals surface area contributed by atoms with Crippen LogP contribution in [0.15, 0.2) is 36.4 Å². The van der Waals surface area contributed by atoms with E-state index in [1.165, 1.54) is 18.2 Å². The highest BCUT2D eigenvalue weighted by Crippen LogP contribution is 2.41. The Morgan fingerprint density at radius 1 is 1.24 bits per heavy atom. The number of sulfonamides is 1. The van der Waals surface area contributed by atoms with Crippen molar-refractivity contribution in [1.29, 1.82) is 0 Å². The Kier molecular flexibility index (Phi) is 5.69. The minimum absolute atomic E-state index is 0.150. The number of benzene rings is 2. The van der Waals surface area contributed by atoms with Crippen molar-refractivity contribution in [2.75, 3.05) is 18.1 Å². The van der Waals surface area contributed by atoms with Gasteiger partial charge in [-0.15, -0.1) is 0 Å². The van der Waals surface area contributed by atoms with Crippen molar-refractivity contribution >= 4 is 33.2 Å². The van der Waals surface area contributed by atoms with E-state index in [-0.39, 0.29) is 22.5 Å². The van der Waals surface area contributed by atoms with Gasteiger partial charge < -0.3 is 14.8 Å². The Bertz CT molecular complexity index is 1050. The zero-order valence-corrected chi connectivity index (χ0v) is 18.1. The van der Waals surface area contributed by atoms with E-state index in [9.17, 15) is 13.2 Å². The molecule has 0 saturated carbocycles. The van der Waals surface area contributed by atoms with Crippen molar-refractivity contribution in [3.8, 4) is 11.5 Å². The van der Waals surface area contributed by atoms with Crippen LogP contribution in [0.2, 0.25) is 5.02 Å². The number of ether oxygens (including phenoxy) is 2. The lowest BCUT2D eigenvalue weighted by Crippen LogP contribution is -2.41. The molecule has 2 aromatic carbocycles. The summed E-state index contributed by atoms with van der Waals surface area (Å²) in [6.07, 6.45) is 1.62. The van der Waals surface area contributed by atoms with Gasteiger partial charge in [-0.1, -0.05) is 11.6 Å². The van der Waals surface area contributed by atoms with Crippen LogP contribution in [0.25, 0.3) is 0 Å². The van der Waals surface area contributed by atoms with Gasteiger partial charge in [-0.3, -0.25) is 9.52 Å². The largest absolute Gasteiger partial charge is 0.497 e. The molecular weight excluding hydrogens is 416 g/mol. The number of hydrogen-bond donors (Lipinski definition) is 2. The Labute approximate surface area is 175 Å². The van der Waals surface area contributed by atoms with Crippen molar-refractivity contribution < 1.29 is 22.7 Å². The average molecular weight is 439 g/mol. The number of hydrogen-bond acceptors (Lipinski definition) is 5. The molecule has 1 unspecified atom stereocenters. The van der Waals surface area contributed by atoms with Gasteiger partial charge >= 0.3 is 0 Å². The SMILES string of the molecule is COc1ccc2c(c1)OC(C)(C)CC2NC(=O)c1ccc(NS(C)(=O)=O)cc1Cl. The minimum atomic E-state index is -3.44. The average Bonchev–Trinajstić information content (AvgIpc) is 2.58. The molecule has 1 aliphatic heterocycles. The number of fused-ring (bicyclic) bond motifs is 1. The van der Waals surface area contributed by atoms with E-state index in [1.807, 2.05) is 26.0 Å². The molecule has 156 valence electrons. The van der Waals surface area contributed by atoms with Crippen LogP contribution in [0.1, 0.15) is 42.2 Å². The smallest absolute Gasteiger partial charge is 0.253 e. The molecular formula is C20H23ClN2O5S. The van der Waals surface area contributed by atoms with Gasteiger partial charge in [0.2, 0.25) is 10.0 Å². The number of amides is 1. The lowest BCUT2D eigenvalue weighted by molar-refractivity contribution is 0.0617. The summed E-state index contributed by atoms with van der Waals surface area (Å²) in [6.45, 7) is 3.90. The monoisotopic (exact) mass is 438 g/mol. The van der Waals surface area contributed by atoms with Crippen molar-refractivity contribution in [1.82, 2.24) is 5.32 Å². The molecule has 0 aromatic heterocycles. The number of carbonyl (C=O) groups excluding carboxylic acids is 1. The summed E-state index contributed by atoms with van der Waals surface area (Å²) >= 11 is 6.23. The molecule has 0 saturated heterocycles. The van der Waals surface area contributed by atoms with E-state index in [2.05, 4.69) is 10.0 Å². The number of anilines is 1. The molecule has 0 aliphatic carbocycles. The molecule has 1 aliphatic rings. The van der Waals surface area contributed by atoms with Crippen LogP contribution in [0.3, 0.4) is 0 Å². The first-order chi connectivity index (χ1) is 13.5. The fourth-order valence-electron chi connectivity index (χ4n) is 3.30. The number of rotatable bonds is 5. The maximum atomic E-state index is 12.9. The molecule has 0 radical (unpaired) electrons. The second-order valence-corrected chi connectivity index (χ2v) is 9.72. The Morgan fingerprint density at radius 3 is 2.59 bits per heavy atom. The van der Waals surface area contributed by atoms with E-state index in [0.29, 0.717) is 23.6 Å². The minimum Gasteiger partial charge on any atom is -0.497 e. The molecule has 1 amide bonds. The number of methoxy groups -OCH3 is 1. The van der Waals surface area contributed by atoms with Gasteiger partial charge in [0.1, 0.15) is 17.1 Å². The Hall–Kier alpha value is -2.45. The summed E-state index contributed by atoms with van der Waals surface area (Å²) in [5.74, 6) is 0.971. The first kappa shape index (κ1) is 21.3. The van der Waals surface area contributed by atoms with Gasteiger partial charge in [-0.05, 0) is 44.2 Å². The molecule has 2 aromatic rings. The highest BCUT2D eigenvalue weighted by molar-refractivity contribution is 7.92. The van der Waals surface area contributed by atoms with E-state index in [0.717, 1.165) is 11.8 Å². The summed E-state index contributed by atoms with van der Waals surface area (Å²) in [5.41, 5.74) is 0.915. The van der Waals surface area contributed by atoms with Crippen molar-refractivity contribution in [2.45, 2.75) is 31.9 Å². The van der Waals surface area contributed by atoms with E-state index < -0.39 is 15.6 Å². The summed E-state index contributed by atoms with van der Waals surface area (Å²) in [7, 11) is -1.85. The standard InChI is InChI=1S/C20H23ClN2O5S/c1-20(2)11-17(15-8-6-13(27-3)10-18(15)28-20)22-19(24)14-7-5-12(9-16(14)21)23-29(4,25)26/h5-10,17,23H,11H2,1-4H3,(H,22,24). The van der Waals surface area contributed by atoms with Crippen molar-refractivity contribution in [3.05, 3.63) is 52.5 Å². The third kappa shape index (κ3) is 5.13. The normalized spacial score (nSPS) is 17.6. The fourth-order valence-corrected chi connectivity index (χ4v) is 4.12. The maximum absolute atomic E-state index is 12.9. The second-order valence-electron chi connectivity index (χ2n) is 7.56. The van der Waals surface area contributed by atoms with E-state index >= 15 is 0 Å². The predicted molar refractivity (Wildman–Crippen MR) is 112 cm³/mol. The van der Waals surface area contributed by atoms with Gasteiger partial charge in [-0.25, -0.2) is 8.42 Å². The number of halogens is 1. The van der Waals surface area contributed by atoms with E-state index in [4.69, 9.17) is 21.1 Å². The second kappa shape index (κ2) is 7.76. The molecule has 1 heterocycles. The molecule has 3 rings (SSSR count). The van der Waals surface area contributed by atoms with E-state index in [1.54, 1.807) is 13.2 Å². The van der Waals surface area contributed by atoms with Crippen LogP contribution in [0.5, 0.6) is 11.5 Å². The highest BCUT2D eigenvalue weighted by atomic mass is 35.5. The van der Waals surface area contributed by atoms with Gasteiger partial charge in [0, 0.05) is 23.7 Å². The highest BCUT2D eigenvalue weighted by Gasteiger charge is 2.35. The quantitative estimate of drug-likeness (QED) is 0.741. The predicted octanol–water partition coefficient (Wildman–Crippen LogP) is 3.75. The van der Waals surface area contributed by atoms with Gasteiger partial charge in [0.05, 0.1) is 30.0 Å². The lowest BCUT2D eigenvalue weighted by Gasteiger charge is -2.38. The third-order valence-corrected chi connectivity index (χ3v) is 5.42. The zero-order chi connectivity index (χ0) is 21.4. The molecule has 0 bridgehead atoms. The van der Waals surface area contributed by atoms with Crippen LogP contribution < -0.4 is 19.5 Å². The zero-order valence-electron chi connectivity index (χ0n) is 16.6. The molecule has 2 N–H and O–H groups in total. The lowest BCUT2D eigenvalue weighted by atomic mass is 9.89. The first-order valence-corrected chi connectivity index (χ1v) is 11.2. The van der Waals surface area contributed by atoms with Gasteiger partial charge in [0.25, 0.3) is 5.91 Å². The molecule has 7 nitrogen and oxygen atoms in total.